The molecular formula is C22H22N2O5. The number of aliphatic hydroxyl groups is 1. The number of aliphatic hydroxyl groups excluding tert-OH is 1. The Bertz CT molecular complexity index is 976. The van der Waals surface area contributed by atoms with Gasteiger partial charge in [-0.05, 0) is 23.6 Å². The van der Waals surface area contributed by atoms with Crippen LogP contribution in [0, 0.1) is 18.8 Å². The summed E-state index contributed by atoms with van der Waals surface area (Å²) in [6, 6.07) is 15.7. The van der Waals surface area contributed by atoms with Crippen LogP contribution in [0.3, 0.4) is 0 Å². The fourth-order valence-electron chi connectivity index (χ4n) is 4.60. The Morgan fingerprint density at radius 2 is 1.72 bits per heavy atom. The number of benzene rings is 2. The molecule has 0 aliphatic carbocycles. The van der Waals surface area contributed by atoms with Crippen LogP contribution < -0.4 is 5.32 Å². The fraction of sp³-hybridized carbons (Fsp3) is 0.318. The highest BCUT2D eigenvalue weighted by Crippen LogP contribution is 2.49. The molecule has 29 heavy (non-hydrogen) atoms. The Kier molecular flexibility index (Phi) is 4.72. The molecule has 4 unspecified atom stereocenters. The minimum Gasteiger partial charge on any atom is -0.480 e. The number of nitrogens with zero attached hydrogens (tertiary/aromatic N) is 1. The van der Waals surface area contributed by atoms with Gasteiger partial charge in [0, 0.05) is 6.04 Å². The molecule has 2 saturated heterocycles. The van der Waals surface area contributed by atoms with Gasteiger partial charge in [-0.2, -0.15) is 0 Å². The second-order valence-electron chi connectivity index (χ2n) is 7.66. The molecule has 2 amide bonds. The predicted molar refractivity (Wildman–Crippen MR) is 103 cm³/mol. The SMILES string of the molecule is Cc1ccccc1C1NC(CO)(C(=O)O)C2C(=O)N(Cc3ccccc3)C(=O)C12. The van der Waals surface area contributed by atoms with Gasteiger partial charge in [0.2, 0.25) is 11.8 Å². The highest BCUT2D eigenvalue weighted by molar-refractivity contribution is 6.09. The van der Waals surface area contributed by atoms with Crippen molar-refractivity contribution >= 4 is 17.8 Å². The van der Waals surface area contributed by atoms with Crippen molar-refractivity contribution in [1.29, 1.82) is 0 Å². The lowest BCUT2D eigenvalue weighted by Gasteiger charge is -2.29. The topological polar surface area (TPSA) is 107 Å². The fourth-order valence-corrected chi connectivity index (χ4v) is 4.60. The molecule has 2 aromatic carbocycles. The van der Waals surface area contributed by atoms with E-state index < -0.39 is 47.8 Å². The maximum atomic E-state index is 13.3. The number of aliphatic carboxylic acids is 1. The molecule has 3 N–H and O–H groups in total. The Morgan fingerprint density at radius 1 is 1.07 bits per heavy atom. The van der Waals surface area contributed by atoms with Crippen LogP contribution in [0.5, 0.6) is 0 Å². The molecule has 2 heterocycles. The third-order valence-electron chi connectivity index (χ3n) is 6.08. The zero-order valence-electron chi connectivity index (χ0n) is 15.9. The van der Waals surface area contributed by atoms with Crippen LogP contribution in [0.25, 0.3) is 0 Å². The summed E-state index contributed by atoms with van der Waals surface area (Å²) < 4.78 is 0. The van der Waals surface area contributed by atoms with Crippen LogP contribution in [0.1, 0.15) is 22.7 Å². The van der Waals surface area contributed by atoms with E-state index in [1.54, 1.807) is 0 Å². The monoisotopic (exact) mass is 394 g/mol. The van der Waals surface area contributed by atoms with E-state index in [-0.39, 0.29) is 6.54 Å². The summed E-state index contributed by atoms with van der Waals surface area (Å²) in [5.74, 6) is -4.39. The Morgan fingerprint density at radius 3 is 2.34 bits per heavy atom. The molecule has 7 heteroatoms. The summed E-state index contributed by atoms with van der Waals surface area (Å²) in [4.78, 5) is 39.8. The van der Waals surface area contributed by atoms with E-state index >= 15 is 0 Å². The second-order valence-corrected chi connectivity index (χ2v) is 7.66. The maximum absolute atomic E-state index is 13.3. The largest absolute Gasteiger partial charge is 0.480 e. The Labute approximate surface area is 168 Å². The van der Waals surface area contributed by atoms with Crippen LogP contribution in [0.15, 0.2) is 54.6 Å². The van der Waals surface area contributed by atoms with Gasteiger partial charge in [-0.3, -0.25) is 24.6 Å². The molecular weight excluding hydrogens is 372 g/mol. The first kappa shape index (κ1) is 19.3. The first-order valence-electron chi connectivity index (χ1n) is 9.47. The van der Waals surface area contributed by atoms with Gasteiger partial charge in [0.15, 0.2) is 5.54 Å². The molecule has 2 fully saturated rings. The van der Waals surface area contributed by atoms with E-state index in [9.17, 15) is 24.6 Å². The van der Waals surface area contributed by atoms with Crippen molar-refractivity contribution in [2.75, 3.05) is 6.61 Å². The van der Waals surface area contributed by atoms with Gasteiger partial charge in [-0.15, -0.1) is 0 Å². The summed E-state index contributed by atoms with van der Waals surface area (Å²) in [6.07, 6.45) is 0. The van der Waals surface area contributed by atoms with Gasteiger partial charge in [-0.1, -0.05) is 54.6 Å². The maximum Gasteiger partial charge on any atom is 0.327 e. The van der Waals surface area contributed by atoms with Crippen LogP contribution >= 0.6 is 0 Å². The first-order valence-corrected chi connectivity index (χ1v) is 9.47. The highest BCUT2D eigenvalue weighted by atomic mass is 16.4. The first-order chi connectivity index (χ1) is 13.9. The van der Waals surface area contributed by atoms with Crippen LogP contribution in [-0.4, -0.2) is 45.0 Å². The lowest BCUT2D eigenvalue weighted by atomic mass is 9.79. The summed E-state index contributed by atoms with van der Waals surface area (Å²) in [5.41, 5.74) is 0.501. The van der Waals surface area contributed by atoms with Gasteiger partial charge in [0.1, 0.15) is 0 Å². The summed E-state index contributed by atoms with van der Waals surface area (Å²) in [5, 5.41) is 22.9. The highest BCUT2D eigenvalue weighted by Gasteiger charge is 2.68. The van der Waals surface area contributed by atoms with Gasteiger partial charge < -0.3 is 10.2 Å². The molecule has 0 radical (unpaired) electrons. The molecule has 4 rings (SSSR count). The number of carbonyl (C=O) groups is 3. The smallest absolute Gasteiger partial charge is 0.327 e. The summed E-state index contributed by atoms with van der Waals surface area (Å²) in [7, 11) is 0. The van der Waals surface area contributed by atoms with Crippen molar-refractivity contribution in [3.8, 4) is 0 Å². The third-order valence-corrected chi connectivity index (χ3v) is 6.08. The third kappa shape index (κ3) is 2.85. The molecule has 4 atom stereocenters. The molecule has 0 saturated carbocycles. The van der Waals surface area contributed by atoms with Gasteiger partial charge in [-0.25, -0.2) is 0 Å². The molecule has 7 nitrogen and oxygen atoms in total. The number of imide groups is 1. The molecule has 0 bridgehead atoms. The lowest BCUT2D eigenvalue weighted by molar-refractivity contribution is -0.153. The van der Waals surface area contributed by atoms with E-state index in [4.69, 9.17) is 0 Å². The van der Waals surface area contributed by atoms with E-state index in [0.717, 1.165) is 21.6 Å². The van der Waals surface area contributed by atoms with Crippen molar-refractivity contribution in [3.05, 3.63) is 71.3 Å². The lowest BCUT2D eigenvalue weighted by Crippen LogP contribution is -2.58. The quantitative estimate of drug-likeness (QED) is 0.659. The van der Waals surface area contributed by atoms with E-state index in [1.807, 2.05) is 61.5 Å². The number of hydrogen-bond acceptors (Lipinski definition) is 5. The Balaban J connectivity index is 1.79. The van der Waals surface area contributed by atoms with Crippen molar-refractivity contribution in [2.45, 2.75) is 25.0 Å². The minimum absolute atomic E-state index is 0.0765. The van der Waals surface area contributed by atoms with E-state index in [1.165, 1.54) is 0 Å². The standard InChI is InChI=1S/C22H22N2O5/c1-13-7-5-6-10-15(13)18-16-17(22(12-25,23-18)21(28)29)20(27)24(19(16)26)11-14-8-3-2-4-9-14/h2-10,16-18,23,25H,11-12H2,1H3,(H,28,29). The van der Waals surface area contributed by atoms with Crippen LogP contribution in [0.2, 0.25) is 0 Å². The molecule has 0 spiro atoms. The predicted octanol–water partition coefficient (Wildman–Crippen LogP) is 1.26. The van der Waals surface area contributed by atoms with Crippen LogP contribution in [-0.2, 0) is 20.9 Å². The number of nitrogens with one attached hydrogen (secondary N) is 1. The number of likely N-dealkylation sites (tertiary alicyclic amines) is 1. The van der Waals surface area contributed by atoms with Crippen LogP contribution in [0.4, 0.5) is 0 Å². The second kappa shape index (κ2) is 7.09. The Hall–Kier alpha value is -3.03. The number of carbonyl (C=O) groups excluding carboxylic acids is 2. The van der Waals surface area contributed by atoms with Gasteiger partial charge >= 0.3 is 5.97 Å². The molecule has 0 aromatic heterocycles. The number of rotatable bonds is 5. The van der Waals surface area contributed by atoms with Crippen molar-refractivity contribution in [2.24, 2.45) is 11.8 Å². The summed E-state index contributed by atoms with van der Waals surface area (Å²) >= 11 is 0. The van der Waals surface area contributed by atoms with Gasteiger partial charge in [0.25, 0.3) is 0 Å². The van der Waals surface area contributed by atoms with Crippen molar-refractivity contribution in [1.82, 2.24) is 10.2 Å². The number of carboxylic acid groups (broad SMARTS) is 1. The average molecular weight is 394 g/mol. The average Bonchev–Trinajstić information content (AvgIpc) is 3.19. The van der Waals surface area contributed by atoms with Gasteiger partial charge in [0.05, 0.1) is 25.0 Å². The number of fused-ring (bicyclic) bond motifs is 1. The molecule has 2 aromatic rings. The molecule has 2 aliphatic rings. The minimum atomic E-state index is -1.91. The van der Waals surface area contributed by atoms with Crippen molar-refractivity contribution in [3.63, 3.8) is 0 Å². The number of carboxylic acids is 1. The zero-order chi connectivity index (χ0) is 20.8. The number of aryl methyl sites for hydroxylation is 1. The normalized spacial score (nSPS) is 28.6. The number of amides is 2. The van der Waals surface area contributed by atoms with Crippen molar-refractivity contribution < 1.29 is 24.6 Å². The van der Waals surface area contributed by atoms with E-state index in [0.29, 0.717) is 0 Å². The zero-order valence-corrected chi connectivity index (χ0v) is 15.9. The molecule has 2 aliphatic heterocycles. The number of hydrogen-bond donors (Lipinski definition) is 3. The van der Waals surface area contributed by atoms with E-state index in [2.05, 4.69) is 5.32 Å². The summed E-state index contributed by atoms with van der Waals surface area (Å²) in [6.45, 7) is 1.16. The molecule has 150 valence electrons.